The van der Waals surface area contributed by atoms with E-state index < -0.39 is 20.0 Å². The van der Waals surface area contributed by atoms with Crippen LogP contribution in [-0.2, 0) is 18.4 Å². The van der Waals surface area contributed by atoms with Crippen molar-refractivity contribution in [2.24, 2.45) is 0 Å². The van der Waals surface area contributed by atoms with Crippen LogP contribution in [0.2, 0.25) is 0 Å². The molecule has 8 nitrogen and oxygen atoms in total. The Hall–Kier alpha value is -1.54. The molecule has 0 fully saturated rings. The van der Waals surface area contributed by atoms with Crippen molar-refractivity contribution >= 4 is 13.7 Å². The molecule has 0 rings (SSSR count). The number of aliphatic hydroxyl groups is 1. The number of carbonyl (C=O) groups excluding carboxylic acids is 1. The van der Waals surface area contributed by atoms with Gasteiger partial charge in [-0.3, -0.25) is 13.8 Å². The number of nitrogens with one attached hydrogen (secondary N) is 1. The Morgan fingerprint density at radius 3 is 1.54 bits per heavy atom. The van der Waals surface area contributed by atoms with Gasteiger partial charge in [-0.1, -0.05) is 184 Å². The van der Waals surface area contributed by atoms with Crippen molar-refractivity contribution in [3.63, 3.8) is 0 Å². The second kappa shape index (κ2) is 38.9. The summed E-state index contributed by atoms with van der Waals surface area (Å²) in [6.07, 6.45) is 49.6. The molecule has 0 heterocycles. The molecule has 3 atom stereocenters. The van der Waals surface area contributed by atoms with E-state index in [1.807, 2.05) is 21.1 Å². The van der Waals surface area contributed by atoms with E-state index in [0.29, 0.717) is 23.9 Å². The molecule has 0 aromatic carbocycles. The maximum absolute atomic E-state index is 12.7. The summed E-state index contributed by atoms with van der Waals surface area (Å²) in [6.45, 7) is 4.60. The lowest BCUT2D eigenvalue weighted by Crippen LogP contribution is -2.46. The molecule has 9 heteroatoms. The summed E-state index contributed by atoms with van der Waals surface area (Å²) >= 11 is 0. The molecule has 1 amide bonds. The van der Waals surface area contributed by atoms with Crippen molar-refractivity contribution in [3.8, 4) is 0 Å². The Kier molecular flexibility index (Phi) is 37.9. The number of amides is 1. The van der Waals surface area contributed by atoms with E-state index in [2.05, 4.69) is 67.8 Å². The first-order valence-electron chi connectivity index (χ1n) is 23.0. The van der Waals surface area contributed by atoms with Gasteiger partial charge in [-0.05, 0) is 51.4 Å². The van der Waals surface area contributed by atoms with Crippen molar-refractivity contribution in [2.75, 3.05) is 40.9 Å². The number of hydrogen-bond donors (Lipinski definition) is 3. The van der Waals surface area contributed by atoms with Gasteiger partial charge in [0.25, 0.3) is 0 Å². The molecule has 0 aliphatic carbocycles. The number of allylic oxidation sites excluding steroid dienone is 8. The monoisotopic (exact) mass is 810 g/mol. The van der Waals surface area contributed by atoms with Gasteiger partial charge in [-0.2, -0.15) is 0 Å². The molecule has 0 spiro atoms. The molecule has 0 saturated heterocycles. The molecule has 0 aliphatic rings. The molecule has 0 aromatic rings. The topological polar surface area (TPSA) is 105 Å². The number of quaternary nitrogens is 1. The molecular formula is C47H90N2O6P+. The highest BCUT2D eigenvalue weighted by Crippen LogP contribution is 2.43. The van der Waals surface area contributed by atoms with E-state index in [1.165, 1.54) is 103 Å². The van der Waals surface area contributed by atoms with E-state index in [-0.39, 0.29) is 19.1 Å². The van der Waals surface area contributed by atoms with Gasteiger partial charge in [0.15, 0.2) is 0 Å². The molecule has 0 aromatic heterocycles. The van der Waals surface area contributed by atoms with Crippen LogP contribution in [0.5, 0.6) is 0 Å². The number of phosphoric ester groups is 1. The third-order valence-electron chi connectivity index (χ3n) is 10.1. The van der Waals surface area contributed by atoms with Gasteiger partial charge >= 0.3 is 7.82 Å². The molecule has 0 radical (unpaired) electrons. The lowest BCUT2D eigenvalue weighted by Gasteiger charge is -2.26. The highest BCUT2D eigenvalue weighted by molar-refractivity contribution is 7.47. The SMILES string of the molecule is CC/C=C\C/C=C\C/C=C\C/C=C\CCCCCCCCCCCCCCCCCCCCC(=O)NC(COP(=O)(O)OCC[N+](C)(C)C)C(O)CCCCC. The largest absolute Gasteiger partial charge is 0.472 e. The summed E-state index contributed by atoms with van der Waals surface area (Å²) in [6, 6.07) is -0.755. The van der Waals surface area contributed by atoms with Crippen LogP contribution in [-0.4, -0.2) is 73.4 Å². The summed E-state index contributed by atoms with van der Waals surface area (Å²) in [4.78, 5) is 22.8. The van der Waals surface area contributed by atoms with Crippen LogP contribution in [0, 0.1) is 0 Å². The maximum Gasteiger partial charge on any atom is 0.472 e. The quantitative estimate of drug-likeness (QED) is 0.0246. The molecule has 0 aliphatic heterocycles. The number of nitrogens with zero attached hydrogens (tertiary/aromatic N) is 1. The van der Waals surface area contributed by atoms with Crippen LogP contribution in [0.3, 0.4) is 0 Å². The number of aliphatic hydroxyl groups excluding tert-OH is 1. The highest BCUT2D eigenvalue weighted by Gasteiger charge is 2.28. The van der Waals surface area contributed by atoms with Gasteiger partial charge in [-0.15, -0.1) is 0 Å². The number of carbonyl (C=O) groups is 1. The maximum atomic E-state index is 12.7. The molecule has 3 N–H and O–H groups in total. The predicted octanol–water partition coefficient (Wildman–Crippen LogP) is 12.9. The fourth-order valence-electron chi connectivity index (χ4n) is 6.45. The molecule has 56 heavy (non-hydrogen) atoms. The predicted molar refractivity (Wildman–Crippen MR) is 240 cm³/mol. The summed E-state index contributed by atoms with van der Waals surface area (Å²) in [5.74, 6) is -0.156. The van der Waals surface area contributed by atoms with Crippen molar-refractivity contribution in [1.82, 2.24) is 5.32 Å². The van der Waals surface area contributed by atoms with Gasteiger partial charge < -0.3 is 19.8 Å². The lowest BCUT2D eigenvalue weighted by molar-refractivity contribution is -0.870. The first kappa shape index (κ1) is 54.5. The zero-order valence-corrected chi connectivity index (χ0v) is 38.0. The van der Waals surface area contributed by atoms with Crippen LogP contribution >= 0.6 is 7.82 Å². The fraction of sp³-hybridized carbons (Fsp3) is 0.809. The van der Waals surface area contributed by atoms with Crippen LogP contribution in [0.4, 0.5) is 0 Å². The Balaban J connectivity index is 3.76. The highest BCUT2D eigenvalue weighted by atomic mass is 31.2. The van der Waals surface area contributed by atoms with Crippen LogP contribution < -0.4 is 5.32 Å². The summed E-state index contributed by atoms with van der Waals surface area (Å²) in [5.41, 5.74) is 0. The van der Waals surface area contributed by atoms with Crippen LogP contribution in [0.15, 0.2) is 48.6 Å². The van der Waals surface area contributed by atoms with Gasteiger partial charge in [0.05, 0.1) is 39.9 Å². The first-order valence-corrected chi connectivity index (χ1v) is 24.5. The van der Waals surface area contributed by atoms with E-state index in [4.69, 9.17) is 9.05 Å². The lowest BCUT2D eigenvalue weighted by atomic mass is 10.0. The molecule has 0 saturated carbocycles. The Morgan fingerprint density at radius 2 is 1.07 bits per heavy atom. The zero-order chi connectivity index (χ0) is 41.4. The van der Waals surface area contributed by atoms with Gasteiger partial charge in [0.2, 0.25) is 5.91 Å². The fourth-order valence-corrected chi connectivity index (χ4v) is 7.18. The van der Waals surface area contributed by atoms with Crippen molar-refractivity contribution in [2.45, 2.75) is 206 Å². The van der Waals surface area contributed by atoms with Gasteiger partial charge in [-0.25, -0.2) is 4.57 Å². The second-order valence-electron chi connectivity index (χ2n) is 16.8. The number of unbranched alkanes of at least 4 members (excludes halogenated alkanes) is 20. The van der Waals surface area contributed by atoms with E-state index >= 15 is 0 Å². The first-order chi connectivity index (χ1) is 27.0. The van der Waals surface area contributed by atoms with Gasteiger partial charge in [0.1, 0.15) is 13.2 Å². The molecular weight excluding hydrogens is 719 g/mol. The standard InChI is InChI=1S/C47H89N2O6P/c1-6-8-10-11-12-13-14-15-16-17-18-19-20-21-22-23-24-25-26-27-28-29-30-31-32-33-34-35-36-37-39-41-47(51)48-45(46(50)40-38-9-7-2)44-55-56(52,53)54-43-42-49(3,4)5/h8,10,12-13,15-16,18-19,45-46,50H,6-7,9,11,14,17,20-44H2,1-5H3,(H-,48,51,52,53)/p+1/b10-8-,13-12-,16-15-,19-18-. The van der Waals surface area contributed by atoms with Crippen molar-refractivity contribution < 1.29 is 32.9 Å². The van der Waals surface area contributed by atoms with Crippen molar-refractivity contribution in [3.05, 3.63) is 48.6 Å². The van der Waals surface area contributed by atoms with E-state index in [9.17, 15) is 19.4 Å². The van der Waals surface area contributed by atoms with Crippen LogP contribution in [0.1, 0.15) is 194 Å². The van der Waals surface area contributed by atoms with Gasteiger partial charge in [0, 0.05) is 6.42 Å². The number of likely N-dealkylation sites (N-methyl/N-ethyl adjacent to an activating group) is 1. The second-order valence-corrected chi connectivity index (χ2v) is 18.2. The third-order valence-corrected chi connectivity index (χ3v) is 11.1. The minimum atomic E-state index is -4.29. The minimum Gasteiger partial charge on any atom is -0.391 e. The van der Waals surface area contributed by atoms with E-state index in [0.717, 1.165) is 64.2 Å². The summed E-state index contributed by atoms with van der Waals surface area (Å²) in [7, 11) is 1.61. The Morgan fingerprint density at radius 1 is 0.625 bits per heavy atom. The van der Waals surface area contributed by atoms with E-state index in [1.54, 1.807) is 0 Å². The zero-order valence-electron chi connectivity index (χ0n) is 37.1. The summed E-state index contributed by atoms with van der Waals surface area (Å²) in [5, 5.41) is 13.6. The average molecular weight is 810 g/mol. The Bertz CT molecular complexity index is 1050. The summed E-state index contributed by atoms with van der Waals surface area (Å²) < 4.78 is 23.3. The van der Waals surface area contributed by atoms with Crippen LogP contribution in [0.25, 0.3) is 0 Å². The smallest absolute Gasteiger partial charge is 0.391 e. The van der Waals surface area contributed by atoms with Crippen molar-refractivity contribution in [1.29, 1.82) is 0 Å². The molecule has 0 bridgehead atoms. The number of phosphoric acid groups is 1. The number of hydrogen-bond acceptors (Lipinski definition) is 5. The third kappa shape index (κ3) is 40.6. The molecule has 328 valence electrons. The average Bonchev–Trinajstić information content (AvgIpc) is 3.15. The molecule has 3 unspecified atom stereocenters. The minimum absolute atomic E-state index is 0.0729. The number of rotatable bonds is 41. The normalized spacial score (nSPS) is 14.8. The Labute approximate surface area is 346 Å².